The van der Waals surface area contributed by atoms with Crippen LogP contribution in [0.15, 0.2) is 18.2 Å². The number of likely N-dealkylation sites (N-methyl/N-ethyl adjacent to an activating group) is 1. The highest BCUT2D eigenvalue weighted by molar-refractivity contribution is 5.92. The molecule has 3 rings (SSSR count). The Hall–Kier alpha value is -1.46. The van der Waals surface area contributed by atoms with Crippen molar-refractivity contribution in [1.82, 2.24) is 14.8 Å². The number of amides is 1. The molecule has 2 saturated heterocycles. The maximum Gasteiger partial charge on any atom is 0.272 e. The lowest BCUT2D eigenvalue weighted by atomic mass is 9.85. The number of carbonyl (C=O) groups excluding carboxylic acids is 1. The number of pyridine rings is 1. The number of hydrogen-bond acceptors (Lipinski definition) is 4. The Bertz CT molecular complexity index is 567. The second-order valence-electron chi connectivity index (χ2n) is 6.94. The number of carbonyl (C=O) groups is 1. The topological polar surface area (TPSA) is 45.7 Å². The highest BCUT2D eigenvalue weighted by Gasteiger charge is 2.46. The molecule has 23 heavy (non-hydrogen) atoms. The zero-order valence-electron chi connectivity index (χ0n) is 14.4. The van der Waals surface area contributed by atoms with Gasteiger partial charge >= 0.3 is 0 Å². The van der Waals surface area contributed by atoms with Crippen LogP contribution >= 0.6 is 0 Å². The van der Waals surface area contributed by atoms with E-state index in [9.17, 15) is 4.79 Å². The molecule has 0 unspecified atom stereocenters. The van der Waals surface area contributed by atoms with Gasteiger partial charge in [-0.05, 0) is 51.8 Å². The van der Waals surface area contributed by atoms with Crippen molar-refractivity contribution in [3.8, 4) is 0 Å². The first kappa shape index (κ1) is 16.4. The van der Waals surface area contributed by atoms with Gasteiger partial charge in [0.1, 0.15) is 5.69 Å². The standard InChI is InChI=1S/C18H27N3O2/c1-14-5-4-6-16(19-14)17(22)21-11-9-18(10-12-21)8-7-15(13-23-3)20(18)2/h4-6,15H,7-13H2,1-3H3/t15-/m1/s1. The lowest BCUT2D eigenvalue weighted by Gasteiger charge is -2.45. The molecule has 0 N–H and O–H groups in total. The van der Waals surface area contributed by atoms with Crippen molar-refractivity contribution in [2.24, 2.45) is 0 Å². The van der Waals surface area contributed by atoms with Gasteiger partial charge in [-0.2, -0.15) is 0 Å². The monoisotopic (exact) mass is 317 g/mol. The number of likely N-dealkylation sites (tertiary alicyclic amines) is 2. The molecule has 0 saturated carbocycles. The van der Waals surface area contributed by atoms with Crippen molar-refractivity contribution < 1.29 is 9.53 Å². The summed E-state index contributed by atoms with van der Waals surface area (Å²) in [5.74, 6) is 0.0673. The smallest absolute Gasteiger partial charge is 0.272 e. The second-order valence-corrected chi connectivity index (χ2v) is 6.94. The van der Waals surface area contributed by atoms with Gasteiger partial charge in [-0.3, -0.25) is 9.69 Å². The van der Waals surface area contributed by atoms with E-state index in [0.29, 0.717) is 11.7 Å². The summed E-state index contributed by atoms with van der Waals surface area (Å²) in [5.41, 5.74) is 1.71. The molecule has 0 aromatic carbocycles. The molecule has 0 aliphatic carbocycles. The Balaban J connectivity index is 1.63. The first-order valence-electron chi connectivity index (χ1n) is 8.50. The summed E-state index contributed by atoms with van der Waals surface area (Å²) < 4.78 is 5.34. The minimum atomic E-state index is 0.0673. The molecule has 1 aromatic rings. The lowest BCUT2D eigenvalue weighted by molar-refractivity contribution is 0.0271. The zero-order chi connectivity index (χ0) is 16.4. The third-order valence-electron chi connectivity index (χ3n) is 5.69. The summed E-state index contributed by atoms with van der Waals surface area (Å²) in [6.07, 6.45) is 4.49. The molecule has 3 heterocycles. The van der Waals surface area contributed by atoms with Crippen LogP contribution in [0.3, 0.4) is 0 Å². The highest BCUT2D eigenvalue weighted by atomic mass is 16.5. The molecule has 1 atom stereocenters. The summed E-state index contributed by atoms with van der Waals surface area (Å²) in [4.78, 5) is 21.5. The number of rotatable bonds is 3. The van der Waals surface area contributed by atoms with E-state index in [1.807, 2.05) is 30.0 Å². The summed E-state index contributed by atoms with van der Waals surface area (Å²) >= 11 is 0. The number of nitrogens with zero attached hydrogens (tertiary/aromatic N) is 3. The molecule has 2 aliphatic heterocycles. The summed E-state index contributed by atoms with van der Waals surface area (Å²) in [5, 5.41) is 0. The molecule has 0 radical (unpaired) electrons. The normalized spacial score (nSPS) is 24.3. The fourth-order valence-corrected chi connectivity index (χ4v) is 4.13. The Morgan fingerprint density at radius 1 is 1.35 bits per heavy atom. The average Bonchev–Trinajstić information content (AvgIpc) is 2.85. The second kappa shape index (κ2) is 6.57. The van der Waals surface area contributed by atoms with Crippen LogP contribution in [0.2, 0.25) is 0 Å². The van der Waals surface area contributed by atoms with Crippen LogP contribution in [-0.4, -0.2) is 66.1 Å². The third-order valence-corrected chi connectivity index (χ3v) is 5.69. The quantitative estimate of drug-likeness (QED) is 0.856. The van der Waals surface area contributed by atoms with E-state index in [1.165, 1.54) is 12.8 Å². The van der Waals surface area contributed by atoms with Gasteiger partial charge in [-0.15, -0.1) is 0 Å². The number of ether oxygens (including phenoxy) is 1. The fraction of sp³-hybridized carbons (Fsp3) is 0.667. The molecule has 5 heteroatoms. The molecular weight excluding hydrogens is 290 g/mol. The van der Waals surface area contributed by atoms with Crippen molar-refractivity contribution in [2.75, 3.05) is 33.9 Å². The molecule has 5 nitrogen and oxygen atoms in total. The molecule has 2 fully saturated rings. The van der Waals surface area contributed by atoms with Crippen molar-refractivity contribution in [3.05, 3.63) is 29.6 Å². The van der Waals surface area contributed by atoms with Gasteiger partial charge in [0.2, 0.25) is 0 Å². The number of hydrogen-bond donors (Lipinski definition) is 0. The molecule has 1 spiro atoms. The van der Waals surface area contributed by atoms with E-state index in [-0.39, 0.29) is 11.4 Å². The SMILES string of the molecule is COC[C@H]1CCC2(CCN(C(=O)c3cccc(C)n3)CC2)N1C. The summed E-state index contributed by atoms with van der Waals surface area (Å²) in [6.45, 7) is 4.36. The predicted molar refractivity (Wildman–Crippen MR) is 89.5 cm³/mol. The average molecular weight is 317 g/mol. The van der Waals surface area contributed by atoms with Gasteiger partial charge in [0.25, 0.3) is 5.91 Å². The first-order chi connectivity index (χ1) is 11.1. The maximum atomic E-state index is 12.6. The van der Waals surface area contributed by atoms with Crippen molar-refractivity contribution in [2.45, 2.75) is 44.2 Å². The molecule has 2 aliphatic rings. The van der Waals surface area contributed by atoms with Crippen molar-refractivity contribution >= 4 is 5.91 Å². The van der Waals surface area contributed by atoms with Crippen LogP contribution in [-0.2, 0) is 4.74 Å². The van der Waals surface area contributed by atoms with Crippen molar-refractivity contribution in [3.63, 3.8) is 0 Å². The lowest BCUT2D eigenvalue weighted by Crippen LogP contribution is -2.54. The molecular formula is C18H27N3O2. The summed E-state index contributed by atoms with van der Waals surface area (Å²) in [7, 11) is 3.99. The van der Waals surface area contributed by atoms with Gasteiger partial charge in [0.05, 0.1) is 6.61 Å². The molecule has 0 bridgehead atoms. The van der Waals surface area contributed by atoms with E-state index in [4.69, 9.17) is 4.74 Å². The number of aromatic nitrogens is 1. The van der Waals surface area contributed by atoms with Gasteiger partial charge in [-0.25, -0.2) is 4.98 Å². The molecule has 1 amide bonds. The van der Waals surface area contributed by atoms with E-state index in [2.05, 4.69) is 16.9 Å². The van der Waals surface area contributed by atoms with Crippen LogP contribution in [0.1, 0.15) is 41.9 Å². The van der Waals surface area contributed by atoms with Gasteiger partial charge in [-0.1, -0.05) is 6.07 Å². The van der Waals surface area contributed by atoms with Gasteiger partial charge in [0, 0.05) is 37.5 Å². The van der Waals surface area contributed by atoms with Gasteiger partial charge < -0.3 is 9.64 Å². The fourth-order valence-electron chi connectivity index (χ4n) is 4.13. The van der Waals surface area contributed by atoms with Crippen molar-refractivity contribution in [1.29, 1.82) is 0 Å². The van der Waals surface area contributed by atoms with E-state index >= 15 is 0 Å². The zero-order valence-corrected chi connectivity index (χ0v) is 14.4. The minimum absolute atomic E-state index is 0.0673. The highest BCUT2D eigenvalue weighted by Crippen LogP contribution is 2.40. The number of methoxy groups -OCH3 is 1. The Morgan fingerprint density at radius 3 is 2.74 bits per heavy atom. The first-order valence-corrected chi connectivity index (χ1v) is 8.50. The van der Waals surface area contributed by atoms with Gasteiger partial charge in [0.15, 0.2) is 0 Å². The predicted octanol–water partition coefficient (Wildman–Crippen LogP) is 2.11. The Labute approximate surface area is 138 Å². The van der Waals surface area contributed by atoms with E-state index in [1.54, 1.807) is 7.11 Å². The largest absolute Gasteiger partial charge is 0.383 e. The van der Waals surface area contributed by atoms with E-state index in [0.717, 1.165) is 38.2 Å². The number of piperidine rings is 1. The minimum Gasteiger partial charge on any atom is -0.383 e. The molecule has 126 valence electrons. The van der Waals surface area contributed by atoms with Crippen LogP contribution in [0.4, 0.5) is 0 Å². The van der Waals surface area contributed by atoms with E-state index < -0.39 is 0 Å². The molecule has 1 aromatic heterocycles. The van der Waals surface area contributed by atoms with Crippen LogP contribution in [0, 0.1) is 6.92 Å². The van der Waals surface area contributed by atoms with Crippen LogP contribution < -0.4 is 0 Å². The number of aryl methyl sites for hydroxylation is 1. The maximum absolute atomic E-state index is 12.6. The van der Waals surface area contributed by atoms with Crippen LogP contribution in [0.5, 0.6) is 0 Å². The summed E-state index contributed by atoms with van der Waals surface area (Å²) in [6, 6.07) is 6.16. The van der Waals surface area contributed by atoms with Crippen LogP contribution in [0.25, 0.3) is 0 Å². The Kier molecular flexibility index (Phi) is 4.69. The Morgan fingerprint density at radius 2 is 2.09 bits per heavy atom. The third kappa shape index (κ3) is 3.12.